The van der Waals surface area contributed by atoms with Gasteiger partial charge in [0.25, 0.3) is 10.1 Å². The van der Waals surface area contributed by atoms with E-state index in [0.29, 0.717) is 5.39 Å². The molecule has 0 aliphatic carbocycles. The maximum absolute atomic E-state index is 12.4. The first-order valence-electron chi connectivity index (χ1n) is 14.2. The van der Waals surface area contributed by atoms with Crippen LogP contribution >= 0.6 is 0 Å². The molecule has 56 heavy (non-hydrogen) atoms. The summed E-state index contributed by atoms with van der Waals surface area (Å²) in [6.45, 7) is -1.18. The number of aromatic hydroxyl groups is 2. The van der Waals surface area contributed by atoms with E-state index >= 15 is 0 Å². The molecule has 4 aromatic carbocycles. The number of phenols is 2. The van der Waals surface area contributed by atoms with Crippen molar-refractivity contribution in [2.24, 2.45) is 10.2 Å². The number of urea groups is 1. The molecule has 0 bridgehead atoms. The number of nitrogens with one attached hydrogen (secondary N) is 3. The van der Waals surface area contributed by atoms with Crippen LogP contribution in [0.25, 0.3) is 10.8 Å². The van der Waals surface area contributed by atoms with E-state index in [1.54, 1.807) is 36.4 Å². The van der Waals surface area contributed by atoms with Gasteiger partial charge in [0.2, 0.25) is 0 Å². The Hall–Kier alpha value is -5.10. The van der Waals surface area contributed by atoms with Gasteiger partial charge in [0.05, 0.1) is 40.1 Å². The zero-order valence-corrected chi connectivity index (χ0v) is 32.5. The van der Waals surface area contributed by atoms with E-state index in [-0.39, 0.29) is 57.8 Å². The van der Waals surface area contributed by atoms with Crippen LogP contribution in [0.15, 0.2) is 87.9 Å². The first-order valence-corrected chi connectivity index (χ1v) is 20.9. The van der Waals surface area contributed by atoms with Crippen LogP contribution in [0.2, 0.25) is 0 Å². The first kappa shape index (κ1) is 48.9. The first-order chi connectivity index (χ1) is 25.5. The summed E-state index contributed by atoms with van der Waals surface area (Å²) < 4.78 is 141. The molecule has 4 rings (SSSR count). The Kier molecular flexibility index (Phi) is 19.1. The van der Waals surface area contributed by atoms with Gasteiger partial charge in [-0.3, -0.25) is 9.11 Å². The Morgan fingerprint density at radius 2 is 1.36 bits per heavy atom. The summed E-state index contributed by atoms with van der Waals surface area (Å²) in [4.78, 5) is 11.9. The number of nitrogens with zero attached hydrogens (tertiary/aromatic N) is 2. The van der Waals surface area contributed by atoms with Gasteiger partial charge in [-0.05, 0) is 41.8 Å². The fourth-order valence-corrected chi connectivity index (χ4v) is 5.92. The van der Waals surface area contributed by atoms with Crippen molar-refractivity contribution in [1.82, 2.24) is 5.32 Å². The minimum atomic E-state index is -4.80. The molecular weight excluding hydrogens is 906 g/mol. The van der Waals surface area contributed by atoms with E-state index in [4.69, 9.17) is 29.8 Å². The van der Waals surface area contributed by atoms with Gasteiger partial charge in [0.15, 0.2) is 15.6 Å². The Bertz CT molecular complexity index is 2610. The van der Waals surface area contributed by atoms with Crippen molar-refractivity contribution in [3.05, 3.63) is 72.8 Å². The molecule has 0 spiro atoms. The molecule has 0 heterocycles. The van der Waals surface area contributed by atoms with Crippen LogP contribution in [0.5, 0.6) is 11.5 Å². The maximum Gasteiger partial charge on any atom is 0.425 e. The molecule has 0 unspecified atom stereocenters. The average molecular weight is 933 g/mol. The van der Waals surface area contributed by atoms with E-state index in [0.717, 1.165) is 23.6 Å². The number of amides is 2. The predicted octanol–water partition coefficient (Wildman–Crippen LogP) is 2.00. The molecule has 309 valence electrons. The van der Waals surface area contributed by atoms with Crippen LogP contribution in [-0.2, 0) is 72.8 Å². The molecule has 0 aromatic heterocycles. The van der Waals surface area contributed by atoms with E-state index in [1.165, 1.54) is 18.2 Å². The number of azo groups is 1. The summed E-state index contributed by atoms with van der Waals surface area (Å²) >= 11 is 0. The number of rotatable bonds is 13. The summed E-state index contributed by atoms with van der Waals surface area (Å²) in [5.74, 6) is -2.12. The van der Waals surface area contributed by atoms with Crippen molar-refractivity contribution >= 4 is 96.8 Å². The van der Waals surface area contributed by atoms with Gasteiger partial charge in [-0.1, -0.05) is 36.4 Å². The van der Waals surface area contributed by atoms with Gasteiger partial charge >= 0.3 is 37.6 Å². The molecule has 2 amide bonds. The van der Waals surface area contributed by atoms with Crippen LogP contribution in [0, 0.1) is 0 Å². The topological polar surface area (TPSA) is 373 Å². The van der Waals surface area contributed by atoms with Crippen molar-refractivity contribution in [1.29, 1.82) is 0 Å². The SMILES string of the molecule is O=C(NCCS(=O)(=O)CCOS(=O)(=O)O)Nc1cccc(N=Nc2c(Nc3cc(S(=O)(=O)O)ccc3O)ccc3ccccc23)c1O.O=S(=O)=O.O=S(=O)=O.[Cu]. The van der Waals surface area contributed by atoms with Crippen molar-refractivity contribution in [3.63, 3.8) is 0 Å². The molecule has 1 radical (unpaired) electrons. The van der Waals surface area contributed by atoms with Gasteiger partial charge in [-0.25, -0.2) is 17.4 Å². The number of carbonyl (C=O) groups excluding carboxylic acids is 1. The third-order valence-electron chi connectivity index (χ3n) is 6.28. The number of carbonyl (C=O) groups is 1. The molecule has 29 heteroatoms. The number of hydrogen-bond donors (Lipinski definition) is 7. The van der Waals surface area contributed by atoms with E-state index in [9.17, 15) is 44.8 Å². The summed E-state index contributed by atoms with van der Waals surface area (Å²) in [5, 5.41) is 38.4. The summed E-state index contributed by atoms with van der Waals surface area (Å²) in [5.41, 5.74) is 0.235. The number of phenolic OH excluding ortho intramolecular Hbond substituents is 2. The molecule has 0 saturated heterocycles. The quantitative estimate of drug-likeness (QED) is 0.0436. The fraction of sp³-hybridized carbons (Fsp3) is 0.148. The number of para-hydroxylation sites is 1. The smallest absolute Gasteiger partial charge is 0.425 e. The van der Waals surface area contributed by atoms with Crippen LogP contribution in [0.3, 0.4) is 0 Å². The Balaban J connectivity index is 0.00000159. The largest absolute Gasteiger partial charge is 0.506 e. The van der Waals surface area contributed by atoms with Gasteiger partial charge in [0.1, 0.15) is 17.1 Å². The molecule has 23 nitrogen and oxygen atoms in total. The second kappa shape index (κ2) is 21.8. The minimum absolute atomic E-state index is 0. The molecule has 4 aromatic rings. The summed E-state index contributed by atoms with van der Waals surface area (Å²) in [6, 6.07) is 16.8. The zero-order chi connectivity index (χ0) is 41.6. The molecule has 0 fully saturated rings. The Morgan fingerprint density at radius 3 is 1.96 bits per heavy atom. The van der Waals surface area contributed by atoms with E-state index < -0.39 is 86.4 Å². The van der Waals surface area contributed by atoms with Gasteiger partial charge in [0, 0.05) is 29.0 Å². The molecule has 0 aliphatic rings. The van der Waals surface area contributed by atoms with Crippen LogP contribution < -0.4 is 16.0 Å². The second-order valence-corrected chi connectivity index (χ2v) is 15.7. The molecular formula is C27H27CuN5O18S5. The summed E-state index contributed by atoms with van der Waals surface area (Å²) in [7, 11) is -19.4. The predicted molar refractivity (Wildman–Crippen MR) is 190 cm³/mol. The van der Waals surface area contributed by atoms with Crippen molar-refractivity contribution in [2.45, 2.75) is 4.90 Å². The minimum Gasteiger partial charge on any atom is -0.506 e. The average Bonchev–Trinajstić information content (AvgIpc) is 3.04. The Morgan fingerprint density at radius 1 is 0.732 bits per heavy atom. The third kappa shape index (κ3) is 17.6. The van der Waals surface area contributed by atoms with Crippen LogP contribution in [0.4, 0.5) is 33.2 Å². The number of benzene rings is 4. The monoisotopic (exact) mass is 932 g/mol. The second-order valence-electron chi connectivity index (χ2n) is 10.0. The van der Waals surface area contributed by atoms with Gasteiger partial charge in [-0.15, -0.1) is 35.5 Å². The zero-order valence-electron chi connectivity index (χ0n) is 27.5. The van der Waals surface area contributed by atoms with E-state index in [1.807, 2.05) is 0 Å². The van der Waals surface area contributed by atoms with Crippen LogP contribution in [-0.4, -0.2) is 101 Å². The fourth-order valence-electron chi connectivity index (χ4n) is 4.06. The third-order valence-corrected chi connectivity index (χ3v) is 9.21. The number of sulfone groups is 1. The van der Waals surface area contributed by atoms with Gasteiger partial charge in [-0.2, -0.15) is 16.8 Å². The maximum atomic E-state index is 12.4. The standard InChI is InChI=1S/C27H27N5O12S3.Cu.2O3S/c33-24-11-9-18(46(38,39)40)16-23(24)29-20-10-8-17-4-1-2-5-19(17)25(20)32-31-22-7-3-6-21(26(22)34)30-27(35)28-12-14-45(36,37)15-13-44-47(41,42)43;;2*1-4(2)3/h1-11,16,29,33-34H,12-15H2,(H2,28,30,35)(H,38,39,40)(H,41,42,43);;;. The molecule has 0 saturated carbocycles. The molecule has 0 aliphatic heterocycles. The number of hydrogen-bond acceptors (Lipinski definition) is 19. The number of anilines is 3. The molecule has 7 N–H and O–H groups in total. The normalized spacial score (nSPS) is 11.2. The van der Waals surface area contributed by atoms with Crippen LogP contribution in [0.1, 0.15) is 0 Å². The van der Waals surface area contributed by atoms with Crippen molar-refractivity contribution in [3.8, 4) is 11.5 Å². The number of fused-ring (bicyclic) bond motifs is 1. The van der Waals surface area contributed by atoms with Crippen molar-refractivity contribution in [2.75, 3.05) is 35.3 Å². The summed E-state index contributed by atoms with van der Waals surface area (Å²) in [6.07, 6.45) is 0. The molecule has 0 atom stereocenters. The Labute approximate surface area is 331 Å². The van der Waals surface area contributed by atoms with Crippen molar-refractivity contribution < 1.29 is 95.9 Å². The van der Waals surface area contributed by atoms with E-state index in [2.05, 4.69) is 30.4 Å². The van der Waals surface area contributed by atoms with Gasteiger partial charge < -0.3 is 26.2 Å².